The van der Waals surface area contributed by atoms with Gasteiger partial charge in [0, 0.05) is 11.3 Å². The van der Waals surface area contributed by atoms with Crippen molar-refractivity contribution in [2.75, 3.05) is 12.4 Å². The Kier molecular flexibility index (Phi) is 6.30. The molecule has 1 amide bonds. The van der Waals surface area contributed by atoms with Crippen molar-refractivity contribution in [3.8, 4) is 5.75 Å². The van der Waals surface area contributed by atoms with Crippen LogP contribution in [0.3, 0.4) is 0 Å². The highest BCUT2D eigenvalue weighted by Gasteiger charge is 2.06. The first-order chi connectivity index (χ1) is 9.69. The largest absolute Gasteiger partial charge is 0.497 e. The molecule has 2 aromatic rings. The Morgan fingerprint density at radius 1 is 1.05 bits per heavy atom. The van der Waals surface area contributed by atoms with E-state index in [0.29, 0.717) is 11.3 Å². The molecule has 20 heavy (non-hydrogen) atoms. The molecule has 0 radical (unpaired) electrons. The number of aryl methyl sites for hydroxylation is 1. The van der Waals surface area contributed by atoms with Crippen molar-refractivity contribution in [2.24, 2.45) is 0 Å². The van der Waals surface area contributed by atoms with E-state index >= 15 is 0 Å². The van der Waals surface area contributed by atoms with Crippen LogP contribution in [0.4, 0.5) is 5.69 Å². The third-order valence-corrected chi connectivity index (χ3v) is 2.64. The molecule has 0 saturated carbocycles. The van der Waals surface area contributed by atoms with E-state index in [-0.39, 0.29) is 5.91 Å². The number of nitrogens with one attached hydrogen (secondary N) is 1. The summed E-state index contributed by atoms with van der Waals surface area (Å²) in [5.74, 6) is 0.532. The number of ether oxygens (including phenoxy) is 1. The highest BCUT2D eigenvalue weighted by molar-refractivity contribution is 6.04. The van der Waals surface area contributed by atoms with Crippen molar-refractivity contribution in [3.05, 3.63) is 59.7 Å². The fourth-order valence-electron chi connectivity index (χ4n) is 1.60. The molecule has 0 fully saturated rings. The molecule has 2 rings (SSSR count). The molecule has 3 nitrogen and oxygen atoms in total. The van der Waals surface area contributed by atoms with Crippen LogP contribution >= 0.6 is 0 Å². The van der Waals surface area contributed by atoms with Crippen LogP contribution in [0.2, 0.25) is 0 Å². The minimum Gasteiger partial charge on any atom is -0.497 e. The quantitative estimate of drug-likeness (QED) is 0.904. The normalized spacial score (nSPS) is 9.20. The van der Waals surface area contributed by atoms with Crippen LogP contribution in [0, 0.1) is 6.92 Å². The van der Waals surface area contributed by atoms with Crippen LogP contribution in [-0.4, -0.2) is 13.0 Å². The maximum absolute atomic E-state index is 12.0. The average molecular weight is 271 g/mol. The van der Waals surface area contributed by atoms with Crippen LogP contribution in [0.25, 0.3) is 0 Å². The Labute approximate surface area is 120 Å². The molecular formula is C17H21NO2. The van der Waals surface area contributed by atoms with Crippen molar-refractivity contribution in [1.82, 2.24) is 0 Å². The van der Waals surface area contributed by atoms with Crippen LogP contribution < -0.4 is 10.1 Å². The van der Waals surface area contributed by atoms with Crippen LogP contribution in [0.5, 0.6) is 5.75 Å². The summed E-state index contributed by atoms with van der Waals surface area (Å²) < 4.78 is 5.09. The molecule has 0 spiro atoms. The minimum absolute atomic E-state index is 0.141. The van der Waals surface area contributed by atoms with E-state index in [1.165, 1.54) is 0 Å². The fourth-order valence-corrected chi connectivity index (χ4v) is 1.60. The van der Waals surface area contributed by atoms with Crippen molar-refractivity contribution < 1.29 is 9.53 Å². The van der Waals surface area contributed by atoms with Crippen LogP contribution in [0.1, 0.15) is 29.8 Å². The molecule has 2 aromatic carbocycles. The predicted octanol–water partition coefficient (Wildman–Crippen LogP) is 4.28. The molecule has 0 atom stereocenters. The Balaban J connectivity index is 0.000000956. The Morgan fingerprint density at radius 2 is 1.70 bits per heavy atom. The van der Waals surface area contributed by atoms with E-state index < -0.39 is 0 Å². The van der Waals surface area contributed by atoms with Gasteiger partial charge in [0.1, 0.15) is 5.75 Å². The third-order valence-electron chi connectivity index (χ3n) is 2.64. The molecular weight excluding hydrogens is 250 g/mol. The summed E-state index contributed by atoms with van der Waals surface area (Å²) >= 11 is 0. The molecule has 0 aliphatic carbocycles. The van der Waals surface area contributed by atoms with Crippen LogP contribution in [-0.2, 0) is 0 Å². The fraction of sp³-hybridized carbons (Fsp3) is 0.235. The van der Waals surface area contributed by atoms with Crippen molar-refractivity contribution in [3.63, 3.8) is 0 Å². The molecule has 0 aliphatic rings. The lowest BCUT2D eigenvalue weighted by molar-refractivity contribution is 0.102. The standard InChI is InChI=1S/C15H15NO2.C2H6/c1-11-6-8-13(9-7-11)16-15(17)12-4-3-5-14(10-12)18-2;1-2/h3-10H,1-2H3,(H,16,17);1-2H3. The maximum atomic E-state index is 12.0. The third kappa shape index (κ3) is 4.43. The molecule has 1 N–H and O–H groups in total. The maximum Gasteiger partial charge on any atom is 0.255 e. The second kappa shape index (κ2) is 8.00. The number of methoxy groups -OCH3 is 1. The summed E-state index contributed by atoms with van der Waals surface area (Å²) in [7, 11) is 1.58. The smallest absolute Gasteiger partial charge is 0.255 e. The summed E-state index contributed by atoms with van der Waals surface area (Å²) in [5, 5.41) is 2.84. The summed E-state index contributed by atoms with van der Waals surface area (Å²) in [6.07, 6.45) is 0. The van der Waals surface area contributed by atoms with Gasteiger partial charge in [-0.3, -0.25) is 4.79 Å². The van der Waals surface area contributed by atoms with Crippen molar-refractivity contribution in [2.45, 2.75) is 20.8 Å². The zero-order valence-corrected chi connectivity index (χ0v) is 12.4. The second-order valence-corrected chi connectivity index (χ2v) is 4.05. The van der Waals surface area contributed by atoms with Gasteiger partial charge in [-0.15, -0.1) is 0 Å². The number of rotatable bonds is 3. The monoisotopic (exact) mass is 271 g/mol. The van der Waals surface area contributed by atoms with Gasteiger partial charge in [-0.25, -0.2) is 0 Å². The van der Waals surface area contributed by atoms with Gasteiger partial charge in [-0.05, 0) is 37.3 Å². The Morgan fingerprint density at radius 3 is 2.30 bits per heavy atom. The van der Waals surface area contributed by atoms with E-state index in [9.17, 15) is 4.79 Å². The number of hydrogen-bond acceptors (Lipinski definition) is 2. The molecule has 0 heterocycles. The van der Waals surface area contributed by atoms with E-state index in [2.05, 4.69) is 5.32 Å². The molecule has 0 saturated heterocycles. The van der Waals surface area contributed by atoms with Gasteiger partial charge in [0.05, 0.1) is 7.11 Å². The summed E-state index contributed by atoms with van der Waals surface area (Å²) in [6.45, 7) is 6.01. The zero-order valence-electron chi connectivity index (χ0n) is 12.4. The van der Waals surface area contributed by atoms with Gasteiger partial charge in [0.2, 0.25) is 0 Å². The highest BCUT2D eigenvalue weighted by Crippen LogP contribution is 2.15. The predicted molar refractivity (Wildman–Crippen MR) is 83.5 cm³/mol. The summed E-state index contributed by atoms with van der Waals surface area (Å²) in [4.78, 5) is 12.0. The van der Waals surface area contributed by atoms with Gasteiger partial charge < -0.3 is 10.1 Å². The van der Waals surface area contributed by atoms with E-state index in [0.717, 1.165) is 11.3 Å². The summed E-state index contributed by atoms with van der Waals surface area (Å²) in [5.41, 5.74) is 2.53. The first-order valence-electron chi connectivity index (χ1n) is 6.71. The van der Waals surface area contributed by atoms with Crippen LogP contribution in [0.15, 0.2) is 48.5 Å². The Bertz CT molecular complexity index is 547. The number of benzene rings is 2. The number of carbonyl (C=O) groups is 1. The van der Waals surface area contributed by atoms with E-state index in [1.807, 2.05) is 51.1 Å². The molecule has 0 aromatic heterocycles. The number of hydrogen-bond donors (Lipinski definition) is 1. The molecule has 0 unspecified atom stereocenters. The van der Waals surface area contributed by atoms with Gasteiger partial charge in [-0.2, -0.15) is 0 Å². The number of anilines is 1. The first-order valence-corrected chi connectivity index (χ1v) is 6.71. The Hall–Kier alpha value is -2.29. The molecule has 0 bridgehead atoms. The number of carbonyl (C=O) groups excluding carboxylic acids is 1. The van der Waals surface area contributed by atoms with Crippen molar-refractivity contribution in [1.29, 1.82) is 0 Å². The van der Waals surface area contributed by atoms with E-state index in [4.69, 9.17) is 4.74 Å². The van der Waals surface area contributed by atoms with Gasteiger partial charge >= 0.3 is 0 Å². The topological polar surface area (TPSA) is 38.3 Å². The lowest BCUT2D eigenvalue weighted by Gasteiger charge is -2.06. The van der Waals surface area contributed by atoms with Crippen molar-refractivity contribution >= 4 is 11.6 Å². The van der Waals surface area contributed by atoms with Gasteiger partial charge in [0.15, 0.2) is 0 Å². The second-order valence-electron chi connectivity index (χ2n) is 4.05. The average Bonchev–Trinajstić information content (AvgIpc) is 2.51. The van der Waals surface area contributed by atoms with E-state index in [1.54, 1.807) is 25.3 Å². The zero-order chi connectivity index (χ0) is 15.0. The minimum atomic E-state index is -0.141. The first kappa shape index (κ1) is 15.8. The van der Waals surface area contributed by atoms with Gasteiger partial charge in [-0.1, -0.05) is 37.6 Å². The lowest BCUT2D eigenvalue weighted by Crippen LogP contribution is -2.11. The van der Waals surface area contributed by atoms with Gasteiger partial charge in [0.25, 0.3) is 5.91 Å². The highest BCUT2D eigenvalue weighted by atomic mass is 16.5. The number of amides is 1. The lowest BCUT2D eigenvalue weighted by atomic mass is 10.2. The molecule has 106 valence electrons. The summed E-state index contributed by atoms with van der Waals surface area (Å²) in [6, 6.07) is 14.8. The SMILES string of the molecule is CC.COc1cccc(C(=O)Nc2ccc(C)cc2)c1. The molecule has 3 heteroatoms. The molecule has 0 aliphatic heterocycles.